The van der Waals surface area contributed by atoms with Crippen LogP contribution in [0.4, 0.5) is 5.69 Å². The van der Waals surface area contributed by atoms with Crippen molar-refractivity contribution in [3.63, 3.8) is 0 Å². The molecule has 0 radical (unpaired) electrons. The molecule has 3 fully saturated rings. The lowest BCUT2D eigenvalue weighted by Gasteiger charge is -2.34. The van der Waals surface area contributed by atoms with Crippen LogP contribution in [0.3, 0.4) is 0 Å². The van der Waals surface area contributed by atoms with Crippen LogP contribution in [0.2, 0.25) is 5.02 Å². The van der Waals surface area contributed by atoms with Crippen molar-refractivity contribution in [2.75, 3.05) is 57.9 Å². The summed E-state index contributed by atoms with van der Waals surface area (Å²) in [6.45, 7) is 6.83. The molecule has 1 aromatic carbocycles. The van der Waals surface area contributed by atoms with E-state index in [1.54, 1.807) is 0 Å². The van der Waals surface area contributed by atoms with E-state index in [4.69, 9.17) is 21.1 Å². The Kier molecular flexibility index (Phi) is 4.16. The first-order valence-electron chi connectivity index (χ1n) is 8.60. The van der Waals surface area contributed by atoms with Crippen LogP contribution < -0.4 is 9.64 Å². The van der Waals surface area contributed by atoms with Crippen molar-refractivity contribution < 1.29 is 9.47 Å². The molecule has 5 heteroatoms. The van der Waals surface area contributed by atoms with E-state index in [2.05, 4.69) is 22.9 Å². The topological polar surface area (TPSA) is 24.9 Å². The average Bonchev–Trinajstić information content (AvgIpc) is 3.01. The first-order valence-corrected chi connectivity index (χ1v) is 8.98. The summed E-state index contributed by atoms with van der Waals surface area (Å²) in [6, 6.07) is 6.06. The summed E-state index contributed by atoms with van der Waals surface area (Å²) in [5.74, 6) is 1.59. The minimum absolute atomic E-state index is 0.437. The second-order valence-corrected chi connectivity index (χ2v) is 7.69. The molecule has 4 rings (SSSR count). The number of halogens is 1. The maximum Gasteiger partial charge on any atom is 0.121 e. The highest BCUT2D eigenvalue weighted by molar-refractivity contribution is 6.33. The summed E-state index contributed by atoms with van der Waals surface area (Å²) in [7, 11) is 2.16. The van der Waals surface area contributed by atoms with E-state index in [-0.39, 0.29) is 0 Å². The van der Waals surface area contributed by atoms with Crippen LogP contribution in [0.1, 0.15) is 12.8 Å². The molecule has 0 N–H and O–H groups in total. The molecule has 1 aromatic rings. The summed E-state index contributed by atoms with van der Waals surface area (Å²) in [5.41, 5.74) is 1.54. The first kappa shape index (κ1) is 15.6. The maximum atomic E-state index is 6.41. The number of nitrogens with zero attached hydrogens (tertiary/aromatic N) is 2. The monoisotopic (exact) mass is 336 g/mol. The highest BCUT2D eigenvalue weighted by Crippen LogP contribution is 2.57. The van der Waals surface area contributed by atoms with Gasteiger partial charge in [-0.1, -0.05) is 11.6 Å². The predicted octanol–water partition coefficient (Wildman–Crippen LogP) is 2.90. The standard InChI is InChI=1S/C18H25ClN2O2/c1-20-5-7-21(8-6-20)17-10-15(2-3-16(17)19)23-12-14-11-18(14)4-9-22-13-18/h2-3,10,14H,4-9,11-13H2,1H3. The zero-order chi connectivity index (χ0) is 15.9. The van der Waals surface area contributed by atoms with Gasteiger partial charge in [-0.2, -0.15) is 0 Å². The van der Waals surface area contributed by atoms with E-state index >= 15 is 0 Å². The van der Waals surface area contributed by atoms with Gasteiger partial charge in [0.15, 0.2) is 0 Å². The van der Waals surface area contributed by atoms with Gasteiger partial charge in [0, 0.05) is 50.2 Å². The summed E-state index contributed by atoms with van der Waals surface area (Å²) in [4.78, 5) is 4.71. The van der Waals surface area contributed by atoms with Crippen LogP contribution in [0.25, 0.3) is 0 Å². The number of likely N-dealkylation sites (N-methyl/N-ethyl adjacent to an activating group) is 1. The Morgan fingerprint density at radius 2 is 2.13 bits per heavy atom. The third kappa shape index (κ3) is 3.17. The Morgan fingerprint density at radius 3 is 2.87 bits per heavy atom. The molecule has 2 saturated heterocycles. The first-order chi connectivity index (χ1) is 11.2. The highest BCUT2D eigenvalue weighted by atomic mass is 35.5. The SMILES string of the molecule is CN1CCN(c2cc(OCC3CC34CCOC4)ccc2Cl)CC1. The quantitative estimate of drug-likeness (QED) is 0.844. The number of hydrogen-bond donors (Lipinski definition) is 0. The largest absolute Gasteiger partial charge is 0.493 e. The minimum atomic E-state index is 0.437. The molecular weight excluding hydrogens is 312 g/mol. The van der Waals surface area contributed by atoms with Crippen molar-refractivity contribution in [3.8, 4) is 5.75 Å². The van der Waals surface area contributed by atoms with Crippen LogP contribution in [-0.2, 0) is 4.74 Å². The Labute approximate surface area is 143 Å². The smallest absolute Gasteiger partial charge is 0.121 e. The van der Waals surface area contributed by atoms with E-state index in [9.17, 15) is 0 Å². The second-order valence-electron chi connectivity index (χ2n) is 7.28. The van der Waals surface area contributed by atoms with Crippen molar-refractivity contribution in [2.24, 2.45) is 11.3 Å². The lowest BCUT2D eigenvalue weighted by molar-refractivity contribution is 0.173. The van der Waals surface area contributed by atoms with E-state index in [1.807, 2.05) is 12.1 Å². The van der Waals surface area contributed by atoms with Crippen LogP contribution in [0.15, 0.2) is 18.2 Å². The molecule has 0 aromatic heterocycles. The molecule has 1 saturated carbocycles. The molecule has 0 amide bonds. The Bertz CT molecular complexity index is 566. The molecule has 0 bridgehead atoms. The summed E-state index contributed by atoms with van der Waals surface area (Å²) in [5, 5.41) is 0.814. The molecule has 2 atom stereocenters. The summed E-state index contributed by atoms with van der Waals surface area (Å²) < 4.78 is 11.6. The third-order valence-electron chi connectivity index (χ3n) is 5.71. The fourth-order valence-electron chi connectivity index (χ4n) is 3.84. The molecule has 2 unspecified atom stereocenters. The molecule has 2 aliphatic heterocycles. The van der Waals surface area contributed by atoms with Crippen LogP contribution in [-0.4, -0.2) is 57.9 Å². The highest BCUT2D eigenvalue weighted by Gasteiger charge is 2.56. The van der Waals surface area contributed by atoms with Crippen molar-refractivity contribution in [1.82, 2.24) is 4.90 Å². The number of hydrogen-bond acceptors (Lipinski definition) is 4. The van der Waals surface area contributed by atoms with Crippen molar-refractivity contribution >= 4 is 17.3 Å². The van der Waals surface area contributed by atoms with Crippen LogP contribution in [0.5, 0.6) is 5.75 Å². The zero-order valence-corrected chi connectivity index (χ0v) is 14.5. The maximum absolute atomic E-state index is 6.41. The van der Waals surface area contributed by atoms with Gasteiger partial charge in [-0.3, -0.25) is 0 Å². The summed E-state index contributed by atoms with van der Waals surface area (Å²) in [6.07, 6.45) is 2.46. The van der Waals surface area contributed by atoms with Crippen molar-refractivity contribution in [1.29, 1.82) is 0 Å². The molecule has 23 heavy (non-hydrogen) atoms. The van der Waals surface area contributed by atoms with Crippen molar-refractivity contribution in [2.45, 2.75) is 12.8 Å². The van der Waals surface area contributed by atoms with Gasteiger partial charge < -0.3 is 19.3 Å². The summed E-state index contributed by atoms with van der Waals surface area (Å²) >= 11 is 6.41. The second kappa shape index (κ2) is 6.15. The number of anilines is 1. The minimum Gasteiger partial charge on any atom is -0.493 e. The lowest BCUT2D eigenvalue weighted by atomic mass is 10.0. The molecule has 4 nitrogen and oxygen atoms in total. The molecule has 3 aliphatic rings. The van der Waals surface area contributed by atoms with E-state index in [0.29, 0.717) is 11.3 Å². The molecule has 1 spiro atoms. The molecule has 1 aliphatic carbocycles. The third-order valence-corrected chi connectivity index (χ3v) is 6.02. The van der Waals surface area contributed by atoms with Crippen molar-refractivity contribution in [3.05, 3.63) is 23.2 Å². The van der Waals surface area contributed by atoms with Gasteiger partial charge in [0.05, 0.1) is 23.9 Å². The predicted molar refractivity (Wildman–Crippen MR) is 92.6 cm³/mol. The van der Waals surface area contributed by atoms with Gasteiger partial charge in [-0.05, 0) is 32.0 Å². The zero-order valence-electron chi connectivity index (χ0n) is 13.8. The average molecular weight is 337 g/mol. The number of rotatable bonds is 4. The van der Waals surface area contributed by atoms with E-state index in [0.717, 1.165) is 62.5 Å². The van der Waals surface area contributed by atoms with Gasteiger partial charge in [0.2, 0.25) is 0 Å². The molecule has 126 valence electrons. The van der Waals surface area contributed by atoms with Gasteiger partial charge in [0.1, 0.15) is 5.75 Å². The Balaban J connectivity index is 1.38. The van der Waals surface area contributed by atoms with Gasteiger partial charge >= 0.3 is 0 Å². The molecular formula is C18H25ClN2O2. The number of benzene rings is 1. The number of ether oxygens (including phenoxy) is 2. The normalized spacial score (nSPS) is 30.9. The van der Waals surface area contributed by atoms with Gasteiger partial charge in [0.25, 0.3) is 0 Å². The van der Waals surface area contributed by atoms with E-state index < -0.39 is 0 Å². The lowest BCUT2D eigenvalue weighted by Crippen LogP contribution is -2.44. The van der Waals surface area contributed by atoms with Gasteiger partial charge in [-0.15, -0.1) is 0 Å². The Morgan fingerprint density at radius 1 is 1.30 bits per heavy atom. The van der Waals surface area contributed by atoms with E-state index in [1.165, 1.54) is 12.8 Å². The van der Waals surface area contributed by atoms with Crippen LogP contribution >= 0.6 is 11.6 Å². The van der Waals surface area contributed by atoms with Crippen LogP contribution in [0, 0.1) is 11.3 Å². The molecule has 2 heterocycles. The Hall–Kier alpha value is -0.970. The number of piperazine rings is 1. The van der Waals surface area contributed by atoms with Gasteiger partial charge in [-0.25, -0.2) is 0 Å². The fourth-order valence-corrected chi connectivity index (χ4v) is 4.08. The fraction of sp³-hybridized carbons (Fsp3) is 0.667.